The number of hydrazine groups is 1. The molecule has 4 rings (SSSR count). The standard InChI is InChI=1S/C27H30N4O5/c1-18-16-30(17-28-18)22-10-7-19(14-24(22)35-3)8-12-26(32)29-31-13-5-6-21(27(31)33)20-9-11-23(34-2)25(15-20)36-4/h7-12,14-17,21H,5-6,13H2,1-4H3,(H,29,32)/b12-8+. The van der Waals surface area contributed by atoms with Gasteiger partial charge in [0.15, 0.2) is 11.5 Å². The number of benzene rings is 2. The van der Waals surface area contributed by atoms with Crippen LogP contribution in [0.25, 0.3) is 11.8 Å². The van der Waals surface area contributed by atoms with Crippen LogP contribution in [0.3, 0.4) is 0 Å². The van der Waals surface area contributed by atoms with Gasteiger partial charge in [-0.2, -0.15) is 0 Å². The van der Waals surface area contributed by atoms with Gasteiger partial charge in [0.25, 0.3) is 5.91 Å². The van der Waals surface area contributed by atoms with Gasteiger partial charge in [0.1, 0.15) is 5.75 Å². The number of hydrogen-bond acceptors (Lipinski definition) is 6. The Morgan fingerprint density at radius 3 is 2.53 bits per heavy atom. The van der Waals surface area contributed by atoms with E-state index in [1.54, 1.807) is 39.8 Å². The van der Waals surface area contributed by atoms with Gasteiger partial charge < -0.3 is 18.8 Å². The molecule has 2 heterocycles. The summed E-state index contributed by atoms with van der Waals surface area (Å²) in [6.45, 7) is 2.37. The van der Waals surface area contributed by atoms with Gasteiger partial charge in [-0.15, -0.1) is 0 Å². The summed E-state index contributed by atoms with van der Waals surface area (Å²) in [4.78, 5) is 30.0. The molecule has 1 N–H and O–H groups in total. The van der Waals surface area contributed by atoms with E-state index in [1.165, 1.54) is 11.1 Å². The Bertz CT molecular complexity index is 1280. The molecule has 188 valence electrons. The van der Waals surface area contributed by atoms with Crippen LogP contribution in [0.5, 0.6) is 17.2 Å². The average molecular weight is 491 g/mol. The van der Waals surface area contributed by atoms with E-state index in [-0.39, 0.29) is 17.7 Å². The molecule has 0 spiro atoms. The third-order valence-electron chi connectivity index (χ3n) is 6.11. The lowest BCUT2D eigenvalue weighted by molar-refractivity contribution is -0.143. The summed E-state index contributed by atoms with van der Waals surface area (Å²) in [6.07, 6.45) is 8.18. The van der Waals surface area contributed by atoms with E-state index < -0.39 is 0 Å². The van der Waals surface area contributed by atoms with Gasteiger partial charge in [-0.3, -0.25) is 20.0 Å². The number of carbonyl (C=O) groups excluding carboxylic acids is 2. The van der Waals surface area contributed by atoms with Crippen LogP contribution in [-0.2, 0) is 9.59 Å². The summed E-state index contributed by atoms with van der Waals surface area (Å²) in [5.41, 5.74) is 6.08. The maximum Gasteiger partial charge on any atom is 0.262 e. The van der Waals surface area contributed by atoms with Gasteiger partial charge in [-0.1, -0.05) is 12.1 Å². The van der Waals surface area contributed by atoms with Crippen molar-refractivity contribution in [3.8, 4) is 22.9 Å². The molecule has 3 aromatic rings. The second-order valence-corrected chi connectivity index (χ2v) is 8.46. The zero-order valence-electron chi connectivity index (χ0n) is 20.9. The topological polar surface area (TPSA) is 94.9 Å². The number of nitrogens with zero attached hydrogens (tertiary/aromatic N) is 3. The molecule has 0 radical (unpaired) electrons. The van der Waals surface area contributed by atoms with Crippen molar-refractivity contribution in [1.29, 1.82) is 0 Å². The first-order chi connectivity index (χ1) is 17.4. The highest BCUT2D eigenvalue weighted by atomic mass is 16.5. The van der Waals surface area contributed by atoms with Crippen molar-refractivity contribution in [3.63, 3.8) is 0 Å². The second kappa shape index (κ2) is 11.0. The van der Waals surface area contributed by atoms with Crippen LogP contribution in [-0.4, -0.2) is 54.2 Å². The molecule has 1 atom stereocenters. The normalized spacial score (nSPS) is 15.7. The number of nitrogens with one attached hydrogen (secondary N) is 1. The van der Waals surface area contributed by atoms with Gasteiger partial charge in [0.2, 0.25) is 5.91 Å². The maximum atomic E-state index is 13.1. The Kier molecular flexibility index (Phi) is 7.58. The molecule has 0 aliphatic carbocycles. The number of piperidine rings is 1. The average Bonchev–Trinajstić information content (AvgIpc) is 3.34. The first kappa shape index (κ1) is 24.8. The van der Waals surface area contributed by atoms with Gasteiger partial charge in [0.05, 0.1) is 45.0 Å². The van der Waals surface area contributed by atoms with Crippen molar-refractivity contribution in [1.82, 2.24) is 20.0 Å². The molecule has 0 saturated carbocycles. The van der Waals surface area contributed by atoms with Crippen molar-refractivity contribution in [2.45, 2.75) is 25.7 Å². The van der Waals surface area contributed by atoms with E-state index >= 15 is 0 Å². The third kappa shape index (κ3) is 5.35. The van der Waals surface area contributed by atoms with Crippen LogP contribution in [0.15, 0.2) is 55.0 Å². The number of methoxy groups -OCH3 is 3. The number of aryl methyl sites for hydroxylation is 1. The lowest BCUT2D eigenvalue weighted by atomic mass is 9.90. The van der Waals surface area contributed by atoms with Crippen LogP contribution in [0.4, 0.5) is 0 Å². The third-order valence-corrected chi connectivity index (χ3v) is 6.11. The van der Waals surface area contributed by atoms with Crippen molar-refractivity contribution in [3.05, 3.63) is 71.8 Å². The fourth-order valence-electron chi connectivity index (χ4n) is 4.27. The SMILES string of the molecule is COc1ccc(C2CCCN(NC(=O)/C=C/c3ccc(-n4cnc(C)c4)c(OC)c3)C2=O)cc1OC. The number of ether oxygens (including phenoxy) is 3. The summed E-state index contributed by atoms with van der Waals surface area (Å²) < 4.78 is 18.1. The summed E-state index contributed by atoms with van der Waals surface area (Å²) in [7, 11) is 4.73. The van der Waals surface area contributed by atoms with E-state index in [0.29, 0.717) is 30.2 Å². The van der Waals surface area contributed by atoms with Crippen LogP contribution in [0, 0.1) is 6.92 Å². The molecule has 1 unspecified atom stereocenters. The summed E-state index contributed by atoms with van der Waals surface area (Å²) in [6, 6.07) is 11.1. The molecule has 1 aliphatic rings. The molecule has 1 fully saturated rings. The van der Waals surface area contributed by atoms with Gasteiger partial charge in [-0.25, -0.2) is 4.98 Å². The molecule has 9 heteroatoms. The van der Waals surface area contributed by atoms with E-state index in [2.05, 4.69) is 10.4 Å². The number of hydrogen-bond donors (Lipinski definition) is 1. The predicted octanol–water partition coefficient (Wildman–Crippen LogP) is 3.66. The fourth-order valence-corrected chi connectivity index (χ4v) is 4.27. The van der Waals surface area contributed by atoms with Crippen LogP contribution < -0.4 is 19.6 Å². The molecule has 9 nitrogen and oxygen atoms in total. The number of rotatable bonds is 8. The van der Waals surface area contributed by atoms with Crippen molar-refractivity contribution in [2.24, 2.45) is 0 Å². The smallest absolute Gasteiger partial charge is 0.262 e. The monoisotopic (exact) mass is 490 g/mol. The Balaban J connectivity index is 1.43. The van der Waals surface area contributed by atoms with E-state index in [9.17, 15) is 9.59 Å². The summed E-state index contributed by atoms with van der Waals surface area (Å²) >= 11 is 0. The quantitative estimate of drug-likeness (QED) is 0.485. The van der Waals surface area contributed by atoms with Crippen molar-refractivity contribution < 1.29 is 23.8 Å². The molecule has 1 aliphatic heterocycles. The van der Waals surface area contributed by atoms with E-state index in [4.69, 9.17) is 14.2 Å². The molecule has 1 saturated heterocycles. The number of aromatic nitrogens is 2. The van der Waals surface area contributed by atoms with Gasteiger partial charge >= 0.3 is 0 Å². The minimum Gasteiger partial charge on any atom is -0.495 e. The molecule has 0 bridgehead atoms. The molecule has 2 amide bonds. The Labute approximate surface area is 210 Å². The van der Waals surface area contributed by atoms with Crippen LogP contribution in [0.1, 0.15) is 35.6 Å². The largest absolute Gasteiger partial charge is 0.495 e. The Hall–Kier alpha value is -4.27. The Morgan fingerprint density at radius 1 is 1.06 bits per heavy atom. The molecular formula is C27H30N4O5. The number of imidazole rings is 1. The Morgan fingerprint density at radius 2 is 1.83 bits per heavy atom. The van der Waals surface area contributed by atoms with E-state index in [0.717, 1.165) is 28.9 Å². The van der Waals surface area contributed by atoms with Gasteiger partial charge in [0, 0.05) is 18.8 Å². The minimum absolute atomic E-state index is 0.156. The second-order valence-electron chi connectivity index (χ2n) is 8.46. The fraction of sp³-hybridized carbons (Fsp3) is 0.296. The van der Waals surface area contributed by atoms with Crippen LogP contribution >= 0.6 is 0 Å². The first-order valence-electron chi connectivity index (χ1n) is 11.6. The van der Waals surface area contributed by atoms with Gasteiger partial charge in [-0.05, 0) is 61.2 Å². The highest BCUT2D eigenvalue weighted by Crippen LogP contribution is 2.34. The highest BCUT2D eigenvalue weighted by molar-refractivity contribution is 5.94. The summed E-state index contributed by atoms with van der Waals surface area (Å²) in [5.74, 6) is 0.910. The number of carbonyl (C=O) groups is 2. The zero-order chi connectivity index (χ0) is 25.7. The lowest BCUT2D eigenvalue weighted by Gasteiger charge is -2.32. The molecule has 36 heavy (non-hydrogen) atoms. The predicted molar refractivity (Wildman–Crippen MR) is 135 cm³/mol. The lowest BCUT2D eigenvalue weighted by Crippen LogP contribution is -2.50. The number of amides is 2. The summed E-state index contributed by atoms with van der Waals surface area (Å²) in [5, 5.41) is 1.39. The minimum atomic E-state index is -0.385. The maximum absolute atomic E-state index is 13.1. The molecule has 2 aromatic carbocycles. The van der Waals surface area contributed by atoms with Crippen molar-refractivity contribution >= 4 is 17.9 Å². The van der Waals surface area contributed by atoms with Crippen molar-refractivity contribution in [2.75, 3.05) is 27.9 Å². The zero-order valence-corrected chi connectivity index (χ0v) is 20.9. The molecule has 1 aromatic heterocycles. The highest BCUT2D eigenvalue weighted by Gasteiger charge is 2.31. The first-order valence-corrected chi connectivity index (χ1v) is 11.6. The van der Waals surface area contributed by atoms with E-state index in [1.807, 2.05) is 48.0 Å². The van der Waals surface area contributed by atoms with Crippen LogP contribution in [0.2, 0.25) is 0 Å². The molecular weight excluding hydrogens is 460 g/mol.